The minimum absolute atomic E-state index is 0. The lowest BCUT2D eigenvalue weighted by molar-refractivity contribution is -0.125. The second-order valence-corrected chi connectivity index (χ2v) is 6.52. The maximum absolute atomic E-state index is 11.5. The summed E-state index contributed by atoms with van der Waals surface area (Å²) in [7, 11) is 0. The van der Waals surface area contributed by atoms with Crippen LogP contribution in [0.4, 0.5) is 0 Å². The fraction of sp³-hybridized carbons (Fsp3) is 0.667. The van der Waals surface area contributed by atoms with Crippen molar-refractivity contribution >= 4 is 48.0 Å². The Bertz CT molecular complexity index is 507. The number of carbonyl (C=O) groups is 2. The summed E-state index contributed by atoms with van der Waals surface area (Å²) in [6, 6.07) is 0. The molecule has 24 heavy (non-hydrogen) atoms. The summed E-state index contributed by atoms with van der Waals surface area (Å²) in [5, 5.41) is 8.43. The number of amides is 2. The van der Waals surface area contributed by atoms with Crippen LogP contribution in [0.2, 0.25) is 0 Å². The molecular weight excluding hydrogens is 371 g/mol. The Kier molecular flexibility index (Phi) is 12.0. The van der Waals surface area contributed by atoms with Crippen molar-refractivity contribution in [3.63, 3.8) is 0 Å². The van der Waals surface area contributed by atoms with Gasteiger partial charge in [-0.05, 0) is 12.8 Å². The SMILES string of the molecule is Cl.Cl.NCC(=O)NCC(=O)NCCc1nc(C2CCCCC2)cs1. The molecule has 0 saturated heterocycles. The first-order chi connectivity index (χ1) is 10.7. The van der Waals surface area contributed by atoms with E-state index in [2.05, 4.69) is 16.0 Å². The highest BCUT2D eigenvalue weighted by Gasteiger charge is 2.18. The highest BCUT2D eigenvalue weighted by molar-refractivity contribution is 7.09. The third kappa shape index (κ3) is 7.79. The molecule has 2 amide bonds. The largest absolute Gasteiger partial charge is 0.354 e. The number of nitrogens with zero attached hydrogens (tertiary/aromatic N) is 1. The van der Waals surface area contributed by atoms with Crippen molar-refractivity contribution in [1.29, 1.82) is 0 Å². The molecule has 1 aromatic rings. The lowest BCUT2D eigenvalue weighted by Gasteiger charge is -2.19. The standard InChI is InChI=1S/C15H24N4O2S.2ClH/c16-8-13(20)18-9-14(21)17-7-6-15-19-12(10-22-15)11-4-2-1-3-5-11;;/h10-11H,1-9,16H2,(H,17,21)(H,18,20);2*1H. The zero-order chi connectivity index (χ0) is 15.8. The first kappa shape index (κ1) is 23.1. The van der Waals surface area contributed by atoms with Gasteiger partial charge < -0.3 is 16.4 Å². The molecule has 1 aromatic heterocycles. The smallest absolute Gasteiger partial charge is 0.239 e. The number of hydrogen-bond acceptors (Lipinski definition) is 5. The number of halogens is 2. The molecule has 0 spiro atoms. The first-order valence-electron chi connectivity index (χ1n) is 7.87. The van der Waals surface area contributed by atoms with Gasteiger partial charge in [0.15, 0.2) is 0 Å². The molecule has 1 heterocycles. The minimum atomic E-state index is -0.327. The predicted molar refractivity (Wildman–Crippen MR) is 101 cm³/mol. The van der Waals surface area contributed by atoms with Gasteiger partial charge in [0.25, 0.3) is 0 Å². The van der Waals surface area contributed by atoms with E-state index >= 15 is 0 Å². The molecule has 138 valence electrons. The van der Waals surface area contributed by atoms with Gasteiger partial charge in [-0.25, -0.2) is 4.98 Å². The molecule has 4 N–H and O–H groups in total. The van der Waals surface area contributed by atoms with Crippen LogP contribution in [0.15, 0.2) is 5.38 Å². The summed E-state index contributed by atoms with van der Waals surface area (Å²) in [6.07, 6.45) is 7.19. The Morgan fingerprint density at radius 1 is 1.17 bits per heavy atom. The fourth-order valence-electron chi connectivity index (χ4n) is 2.65. The van der Waals surface area contributed by atoms with Crippen LogP contribution in [0.5, 0.6) is 0 Å². The molecule has 1 aliphatic rings. The number of thiazole rings is 1. The monoisotopic (exact) mass is 396 g/mol. The highest BCUT2D eigenvalue weighted by Crippen LogP contribution is 2.32. The molecule has 1 saturated carbocycles. The zero-order valence-electron chi connectivity index (χ0n) is 13.6. The maximum atomic E-state index is 11.5. The van der Waals surface area contributed by atoms with Crippen LogP contribution in [0.25, 0.3) is 0 Å². The zero-order valence-corrected chi connectivity index (χ0v) is 16.0. The Morgan fingerprint density at radius 3 is 2.54 bits per heavy atom. The van der Waals surface area contributed by atoms with E-state index in [1.165, 1.54) is 37.8 Å². The summed E-state index contributed by atoms with van der Waals surface area (Å²) in [6.45, 7) is 0.409. The second-order valence-electron chi connectivity index (χ2n) is 5.58. The Balaban J connectivity index is 0.00000264. The highest BCUT2D eigenvalue weighted by atomic mass is 35.5. The van der Waals surface area contributed by atoms with Crippen LogP contribution >= 0.6 is 36.2 Å². The van der Waals surface area contributed by atoms with E-state index in [1.807, 2.05) is 0 Å². The van der Waals surface area contributed by atoms with E-state index in [0.29, 0.717) is 12.5 Å². The van der Waals surface area contributed by atoms with Crippen LogP contribution in [-0.2, 0) is 16.0 Å². The molecule has 0 unspecified atom stereocenters. The third-order valence-electron chi connectivity index (χ3n) is 3.89. The number of hydrogen-bond donors (Lipinski definition) is 3. The van der Waals surface area contributed by atoms with E-state index in [0.717, 1.165) is 11.4 Å². The minimum Gasteiger partial charge on any atom is -0.354 e. The van der Waals surface area contributed by atoms with Crippen molar-refractivity contribution in [1.82, 2.24) is 15.6 Å². The summed E-state index contributed by atoms with van der Waals surface area (Å²) in [4.78, 5) is 27.2. The Labute approximate surface area is 159 Å². The van der Waals surface area contributed by atoms with Crippen LogP contribution in [0.1, 0.15) is 48.7 Å². The van der Waals surface area contributed by atoms with Gasteiger partial charge in [-0.3, -0.25) is 9.59 Å². The molecule has 9 heteroatoms. The maximum Gasteiger partial charge on any atom is 0.239 e. The molecular formula is C15H26Cl2N4O2S. The van der Waals surface area contributed by atoms with E-state index in [1.54, 1.807) is 11.3 Å². The number of nitrogens with two attached hydrogens (primary N) is 1. The number of aromatic nitrogens is 1. The van der Waals surface area contributed by atoms with Crippen LogP contribution < -0.4 is 16.4 Å². The second kappa shape index (κ2) is 12.5. The quantitative estimate of drug-likeness (QED) is 0.653. The Hall–Kier alpha value is -0.890. The molecule has 0 aliphatic heterocycles. The average Bonchev–Trinajstić information content (AvgIpc) is 3.02. The first-order valence-corrected chi connectivity index (χ1v) is 8.74. The predicted octanol–water partition coefficient (Wildman–Crippen LogP) is 1.77. The number of rotatable bonds is 7. The topological polar surface area (TPSA) is 97.1 Å². The van der Waals surface area contributed by atoms with Gasteiger partial charge in [-0.2, -0.15) is 0 Å². The van der Waals surface area contributed by atoms with Gasteiger partial charge in [-0.15, -0.1) is 36.2 Å². The van der Waals surface area contributed by atoms with Gasteiger partial charge in [0.05, 0.1) is 23.8 Å². The van der Waals surface area contributed by atoms with E-state index < -0.39 is 0 Å². The molecule has 2 rings (SSSR count). The van der Waals surface area contributed by atoms with Crippen molar-refractivity contribution < 1.29 is 9.59 Å². The molecule has 1 fully saturated rings. The van der Waals surface area contributed by atoms with Crippen LogP contribution in [0.3, 0.4) is 0 Å². The number of carbonyl (C=O) groups excluding carboxylic acids is 2. The normalized spacial score (nSPS) is 14.2. The van der Waals surface area contributed by atoms with Crippen molar-refractivity contribution in [2.24, 2.45) is 5.73 Å². The van der Waals surface area contributed by atoms with Crippen molar-refractivity contribution in [3.05, 3.63) is 16.1 Å². The van der Waals surface area contributed by atoms with Gasteiger partial charge in [0, 0.05) is 24.3 Å². The van der Waals surface area contributed by atoms with E-state index in [4.69, 9.17) is 10.7 Å². The lowest BCUT2D eigenvalue weighted by Crippen LogP contribution is -2.40. The average molecular weight is 397 g/mol. The summed E-state index contributed by atoms with van der Waals surface area (Å²) in [5.41, 5.74) is 6.37. The number of nitrogens with one attached hydrogen (secondary N) is 2. The van der Waals surface area contributed by atoms with Gasteiger partial charge in [0.1, 0.15) is 0 Å². The summed E-state index contributed by atoms with van der Waals surface area (Å²) < 4.78 is 0. The third-order valence-corrected chi connectivity index (χ3v) is 4.81. The molecule has 0 atom stereocenters. The van der Waals surface area contributed by atoms with E-state index in [9.17, 15) is 9.59 Å². The van der Waals surface area contributed by atoms with Crippen LogP contribution in [-0.4, -0.2) is 36.4 Å². The van der Waals surface area contributed by atoms with Crippen LogP contribution in [0, 0.1) is 0 Å². The van der Waals surface area contributed by atoms with Gasteiger partial charge in [-0.1, -0.05) is 19.3 Å². The molecule has 0 aromatic carbocycles. The summed E-state index contributed by atoms with van der Waals surface area (Å²) >= 11 is 1.67. The van der Waals surface area contributed by atoms with Crippen molar-refractivity contribution in [3.8, 4) is 0 Å². The van der Waals surface area contributed by atoms with Crippen molar-refractivity contribution in [2.45, 2.75) is 44.4 Å². The Morgan fingerprint density at radius 2 is 1.88 bits per heavy atom. The molecule has 0 bridgehead atoms. The van der Waals surface area contributed by atoms with Gasteiger partial charge >= 0.3 is 0 Å². The van der Waals surface area contributed by atoms with Crippen molar-refractivity contribution in [2.75, 3.05) is 19.6 Å². The fourth-order valence-corrected chi connectivity index (χ4v) is 3.53. The summed E-state index contributed by atoms with van der Waals surface area (Å²) in [5.74, 6) is 0.0953. The molecule has 6 nitrogen and oxygen atoms in total. The molecule has 1 aliphatic carbocycles. The van der Waals surface area contributed by atoms with E-state index in [-0.39, 0.29) is 49.7 Å². The lowest BCUT2D eigenvalue weighted by atomic mass is 9.87. The molecule has 0 radical (unpaired) electrons. The van der Waals surface area contributed by atoms with Gasteiger partial charge in [0.2, 0.25) is 11.8 Å².